The highest BCUT2D eigenvalue weighted by Crippen LogP contribution is 2.33. The van der Waals surface area contributed by atoms with Crippen molar-refractivity contribution >= 4 is 34.2 Å². The number of likely N-dealkylation sites (tertiary alicyclic amines) is 1. The quantitative estimate of drug-likeness (QED) is 0.346. The Kier molecular flexibility index (Phi) is 6.79. The molecule has 40 heavy (non-hydrogen) atoms. The lowest BCUT2D eigenvalue weighted by Gasteiger charge is -2.37. The Bertz CT molecular complexity index is 1590. The summed E-state index contributed by atoms with van der Waals surface area (Å²) >= 11 is 0. The summed E-state index contributed by atoms with van der Waals surface area (Å²) in [6, 6.07) is 16.0. The summed E-state index contributed by atoms with van der Waals surface area (Å²) in [5, 5.41) is 4.38. The molecule has 2 aromatic heterocycles. The number of fused-ring (bicyclic) bond motifs is 1. The molecule has 0 saturated carbocycles. The Morgan fingerprint density at radius 1 is 1.05 bits per heavy atom. The Labute approximate surface area is 233 Å². The number of benzene rings is 2. The van der Waals surface area contributed by atoms with Crippen molar-refractivity contribution in [2.75, 3.05) is 25.0 Å². The fourth-order valence-electron chi connectivity index (χ4n) is 5.24. The zero-order chi connectivity index (χ0) is 27.7. The van der Waals surface area contributed by atoms with E-state index < -0.39 is 0 Å². The number of aromatic nitrogens is 3. The molecule has 0 atom stereocenters. The van der Waals surface area contributed by atoms with Crippen molar-refractivity contribution in [2.24, 2.45) is 4.99 Å². The number of amides is 1. The molecule has 4 aromatic rings. The second-order valence-electron chi connectivity index (χ2n) is 10.6. The number of nitrogens with zero attached hydrogens (tertiary/aromatic N) is 5. The molecule has 2 aliphatic heterocycles. The van der Waals surface area contributed by atoms with Crippen LogP contribution in [0.1, 0.15) is 36.6 Å². The van der Waals surface area contributed by atoms with E-state index in [1.165, 1.54) is 0 Å². The second kappa shape index (κ2) is 10.6. The van der Waals surface area contributed by atoms with Gasteiger partial charge in [-0.25, -0.2) is 9.97 Å². The Balaban J connectivity index is 1.15. The average molecular weight is 537 g/mol. The third-order valence-corrected chi connectivity index (χ3v) is 7.60. The summed E-state index contributed by atoms with van der Waals surface area (Å²) in [5.41, 5.74) is 4.49. The van der Waals surface area contributed by atoms with Gasteiger partial charge in [-0.3, -0.25) is 14.8 Å². The molecule has 4 heterocycles. The Morgan fingerprint density at radius 2 is 1.90 bits per heavy atom. The Morgan fingerprint density at radius 3 is 2.65 bits per heavy atom. The number of hydrogen-bond acceptors (Lipinski definition) is 8. The minimum atomic E-state index is -0.280. The van der Waals surface area contributed by atoms with E-state index in [-0.39, 0.29) is 11.5 Å². The number of nitrogens with one attached hydrogen (secondary N) is 1. The molecule has 1 fully saturated rings. The number of aryl methyl sites for hydroxylation is 2. The molecule has 2 aliphatic rings. The summed E-state index contributed by atoms with van der Waals surface area (Å²) in [7, 11) is 0. The molecule has 9 heteroatoms. The van der Waals surface area contributed by atoms with Crippen LogP contribution in [0.25, 0.3) is 10.9 Å². The predicted octanol–water partition coefficient (Wildman–Crippen LogP) is 5.53. The van der Waals surface area contributed by atoms with E-state index in [0.29, 0.717) is 18.7 Å². The molecule has 2 aromatic carbocycles. The van der Waals surface area contributed by atoms with Crippen LogP contribution < -0.4 is 10.1 Å². The fraction of sp³-hybridized carbons (Fsp3) is 0.323. The molecule has 0 radical (unpaired) electrons. The minimum absolute atomic E-state index is 0.121. The smallest absolute Gasteiger partial charge is 0.219 e. The maximum Gasteiger partial charge on any atom is 0.219 e. The maximum absolute atomic E-state index is 11.7. The molecule has 1 N–H and O–H groups in total. The number of pyridine rings is 1. The van der Waals surface area contributed by atoms with Gasteiger partial charge in [0.25, 0.3) is 0 Å². The van der Waals surface area contributed by atoms with Crippen LogP contribution in [0.4, 0.5) is 11.5 Å². The molecule has 1 amide bonds. The lowest BCUT2D eigenvalue weighted by molar-refractivity contribution is -0.132. The topological polar surface area (TPSA) is 102 Å². The first kappa shape index (κ1) is 25.7. The van der Waals surface area contributed by atoms with Crippen LogP contribution in [-0.4, -0.2) is 56.9 Å². The van der Waals surface area contributed by atoms with E-state index in [4.69, 9.17) is 14.5 Å². The van der Waals surface area contributed by atoms with Crippen molar-refractivity contribution in [3.8, 4) is 11.5 Å². The van der Waals surface area contributed by atoms with Crippen molar-refractivity contribution in [2.45, 2.75) is 45.6 Å². The first-order valence-corrected chi connectivity index (χ1v) is 13.6. The highest BCUT2D eigenvalue weighted by atomic mass is 16.5. The van der Waals surface area contributed by atoms with Gasteiger partial charge in [0.1, 0.15) is 29.2 Å². The molecule has 6 rings (SSSR count). The number of carbonyl (C=O) groups excluding carboxylic acids is 1. The van der Waals surface area contributed by atoms with Crippen molar-refractivity contribution in [3.63, 3.8) is 0 Å². The lowest BCUT2D eigenvalue weighted by Crippen LogP contribution is -2.48. The molecule has 0 unspecified atom stereocenters. The number of anilines is 2. The van der Waals surface area contributed by atoms with Gasteiger partial charge in [-0.05, 0) is 67.4 Å². The number of piperidine rings is 1. The summed E-state index contributed by atoms with van der Waals surface area (Å²) in [6.07, 6.45) is 5.52. The SMILES string of the molecule is CC(=O)N1CCC2(CC1)CN=C(Cc1ccc3ncnc(Nc4ccc(Oc5ccc(C)nc5)c(C)c4)c3c1)O2. The van der Waals surface area contributed by atoms with E-state index in [1.807, 2.05) is 55.1 Å². The first-order valence-electron chi connectivity index (χ1n) is 13.6. The standard InChI is InChI=1S/C31H32N6O3/c1-20-14-24(6-9-28(20)39-25-7-4-21(2)32-17-25)36-30-26-15-23(5-8-27(26)34-19-35-30)16-29-33-18-31(40-29)10-12-37(13-11-31)22(3)38/h4-9,14-15,17,19H,10-13,16,18H2,1-3H3,(H,34,35,36). The van der Waals surface area contributed by atoms with Crippen LogP contribution >= 0.6 is 0 Å². The fourth-order valence-corrected chi connectivity index (χ4v) is 5.24. The highest BCUT2D eigenvalue weighted by Gasteiger charge is 2.41. The van der Waals surface area contributed by atoms with Gasteiger partial charge in [-0.15, -0.1) is 0 Å². The largest absolute Gasteiger partial charge is 0.472 e. The van der Waals surface area contributed by atoms with Gasteiger partial charge in [0.2, 0.25) is 5.91 Å². The van der Waals surface area contributed by atoms with Crippen LogP contribution in [0.2, 0.25) is 0 Å². The number of rotatable bonds is 6. The third-order valence-electron chi connectivity index (χ3n) is 7.60. The predicted molar refractivity (Wildman–Crippen MR) is 154 cm³/mol. The van der Waals surface area contributed by atoms with Gasteiger partial charge >= 0.3 is 0 Å². The summed E-state index contributed by atoms with van der Waals surface area (Å²) < 4.78 is 12.4. The van der Waals surface area contributed by atoms with Crippen LogP contribution in [-0.2, 0) is 16.0 Å². The number of carbonyl (C=O) groups is 1. The monoisotopic (exact) mass is 536 g/mol. The van der Waals surface area contributed by atoms with E-state index in [0.717, 1.165) is 76.8 Å². The van der Waals surface area contributed by atoms with Crippen LogP contribution in [0.15, 0.2) is 66.0 Å². The van der Waals surface area contributed by atoms with E-state index in [1.54, 1.807) is 19.4 Å². The van der Waals surface area contributed by atoms with Gasteiger partial charge in [0.15, 0.2) is 5.90 Å². The third kappa shape index (κ3) is 5.45. The van der Waals surface area contributed by atoms with Crippen LogP contribution in [0, 0.1) is 13.8 Å². The van der Waals surface area contributed by atoms with Gasteiger partial charge in [-0.1, -0.05) is 6.07 Å². The summed E-state index contributed by atoms with van der Waals surface area (Å²) in [5.74, 6) is 3.07. The van der Waals surface area contributed by atoms with Crippen molar-refractivity contribution in [3.05, 3.63) is 77.9 Å². The highest BCUT2D eigenvalue weighted by molar-refractivity contribution is 5.92. The zero-order valence-corrected chi connectivity index (χ0v) is 23.0. The average Bonchev–Trinajstić information content (AvgIpc) is 3.33. The normalized spacial score (nSPS) is 16.1. The van der Waals surface area contributed by atoms with Crippen molar-refractivity contribution in [1.82, 2.24) is 19.9 Å². The van der Waals surface area contributed by atoms with Gasteiger partial charge in [0.05, 0.1) is 18.3 Å². The minimum Gasteiger partial charge on any atom is -0.472 e. The first-order chi connectivity index (χ1) is 19.4. The van der Waals surface area contributed by atoms with Gasteiger partial charge in [0, 0.05) is 56.0 Å². The number of ether oxygens (including phenoxy) is 2. The maximum atomic E-state index is 11.7. The molecule has 9 nitrogen and oxygen atoms in total. The van der Waals surface area contributed by atoms with Crippen molar-refractivity contribution < 1.29 is 14.3 Å². The molecule has 0 aliphatic carbocycles. The molecule has 1 saturated heterocycles. The Hall–Kier alpha value is -4.53. The zero-order valence-electron chi connectivity index (χ0n) is 23.0. The van der Waals surface area contributed by atoms with E-state index >= 15 is 0 Å². The number of aliphatic imine (C=N–C) groups is 1. The second-order valence-corrected chi connectivity index (χ2v) is 10.6. The van der Waals surface area contributed by atoms with Crippen LogP contribution in [0.3, 0.4) is 0 Å². The van der Waals surface area contributed by atoms with E-state index in [9.17, 15) is 4.79 Å². The molecular formula is C31H32N6O3. The number of hydrogen-bond donors (Lipinski definition) is 1. The molecular weight excluding hydrogens is 504 g/mol. The lowest BCUT2D eigenvalue weighted by atomic mass is 9.91. The molecule has 204 valence electrons. The van der Waals surface area contributed by atoms with Crippen LogP contribution in [0.5, 0.6) is 11.5 Å². The summed E-state index contributed by atoms with van der Waals surface area (Å²) in [6.45, 7) is 7.67. The van der Waals surface area contributed by atoms with E-state index in [2.05, 4.69) is 32.4 Å². The van der Waals surface area contributed by atoms with Crippen molar-refractivity contribution in [1.29, 1.82) is 0 Å². The van der Waals surface area contributed by atoms with Gasteiger partial charge < -0.3 is 19.7 Å². The molecule has 0 bridgehead atoms. The summed E-state index contributed by atoms with van der Waals surface area (Å²) in [4.78, 5) is 31.6. The molecule has 1 spiro atoms. The van der Waals surface area contributed by atoms with Gasteiger partial charge in [-0.2, -0.15) is 0 Å².